The van der Waals surface area contributed by atoms with Crippen molar-refractivity contribution in [3.63, 3.8) is 0 Å². The van der Waals surface area contributed by atoms with E-state index in [-0.39, 0.29) is 13.1 Å². The summed E-state index contributed by atoms with van der Waals surface area (Å²) in [6.07, 6.45) is -4.47. The maximum absolute atomic E-state index is 12.7. The average Bonchev–Trinajstić information content (AvgIpc) is 2.38. The van der Waals surface area contributed by atoms with E-state index < -0.39 is 30.4 Å². The van der Waals surface area contributed by atoms with Crippen LogP contribution >= 0.6 is 0 Å². The summed E-state index contributed by atoms with van der Waals surface area (Å²) in [5.41, 5.74) is 0.390. The predicted octanol–water partition coefficient (Wildman–Crippen LogP) is -0.0426. The van der Waals surface area contributed by atoms with Crippen LogP contribution in [-0.4, -0.2) is 44.7 Å². The Morgan fingerprint density at radius 1 is 1.09 bits per heavy atom. The standard InChI is InChI=1S/C13H15F4N3O2/c1-20(6-11(21)18-8-13(15,16)17)7-12(22)19-10-4-2-9(14)3-5-10/h2-5H,6-8H2,1H3,(H,18,21)(H,19,22)/p+1. The predicted molar refractivity (Wildman–Crippen MR) is 70.7 cm³/mol. The molecule has 0 aromatic heterocycles. The van der Waals surface area contributed by atoms with E-state index in [1.165, 1.54) is 31.3 Å². The molecule has 3 N–H and O–H groups in total. The van der Waals surface area contributed by atoms with Gasteiger partial charge in [-0.15, -0.1) is 0 Å². The van der Waals surface area contributed by atoms with Crippen molar-refractivity contribution in [2.24, 2.45) is 0 Å². The van der Waals surface area contributed by atoms with Crippen LogP contribution in [0.15, 0.2) is 24.3 Å². The molecule has 0 radical (unpaired) electrons. The summed E-state index contributed by atoms with van der Waals surface area (Å²) >= 11 is 0. The maximum atomic E-state index is 12.7. The molecule has 9 heteroatoms. The van der Waals surface area contributed by atoms with Crippen LogP contribution in [-0.2, 0) is 9.59 Å². The minimum absolute atomic E-state index is 0.114. The number of carbonyl (C=O) groups is 2. The number of carbonyl (C=O) groups excluding carboxylic acids is 2. The van der Waals surface area contributed by atoms with Gasteiger partial charge < -0.3 is 15.5 Å². The van der Waals surface area contributed by atoms with Crippen LogP contribution in [0.2, 0.25) is 0 Å². The van der Waals surface area contributed by atoms with E-state index >= 15 is 0 Å². The van der Waals surface area contributed by atoms with Crippen molar-refractivity contribution in [2.45, 2.75) is 6.18 Å². The molecule has 22 heavy (non-hydrogen) atoms. The molecule has 0 bridgehead atoms. The van der Waals surface area contributed by atoms with Gasteiger partial charge in [-0.3, -0.25) is 9.59 Å². The van der Waals surface area contributed by atoms with E-state index in [0.29, 0.717) is 10.6 Å². The summed E-state index contributed by atoms with van der Waals surface area (Å²) in [4.78, 5) is 23.4. The molecule has 122 valence electrons. The third-order valence-electron chi connectivity index (χ3n) is 2.54. The van der Waals surface area contributed by atoms with Crippen LogP contribution in [0.25, 0.3) is 0 Å². The summed E-state index contributed by atoms with van der Waals surface area (Å²) in [5.74, 6) is -1.68. The van der Waals surface area contributed by atoms with Gasteiger partial charge >= 0.3 is 6.18 Å². The Kier molecular flexibility index (Phi) is 6.29. The molecular formula is C13H16F4N3O2+. The topological polar surface area (TPSA) is 62.6 Å². The number of benzene rings is 1. The van der Waals surface area contributed by atoms with E-state index in [2.05, 4.69) is 5.32 Å². The molecule has 0 heterocycles. The Morgan fingerprint density at radius 2 is 1.64 bits per heavy atom. The number of rotatable bonds is 6. The van der Waals surface area contributed by atoms with Gasteiger partial charge in [0.15, 0.2) is 13.1 Å². The molecule has 1 atom stereocenters. The second-order valence-corrected chi connectivity index (χ2v) is 4.76. The van der Waals surface area contributed by atoms with E-state index in [9.17, 15) is 27.2 Å². The Morgan fingerprint density at radius 3 is 2.18 bits per heavy atom. The molecule has 1 rings (SSSR count). The number of halogens is 4. The first-order valence-electron chi connectivity index (χ1n) is 6.36. The normalized spacial score (nSPS) is 12.6. The number of hydrogen-bond donors (Lipinski definition) is 3. The van der Waals surface area contributed by atoms with Crippen LogP contribution < -0.4 is 15.5 Å². The van der Waals surface area contributed by atoms with Crippen LogP contribution in [0.5, 0.6) is 0 Å². The largest absolute Gasteiger partial charge is 0.405 e. The quantitative estimate of drug-likeness (QED) is 0.644. The van der Waals surface area contributed by atoms with Crippen LogP contribution in [0.3, 0.4) is 0 Å². The number of quaternary nitrogens is 1. The fourth-order valence-corrected chi connectivity index (χ4v) is 1.61. The number of alkyl halides is 3. The first kappa shape index (κ1) is 17.9. The lowest BCUT2D eigenvalue weighted by molar-refractivity contribution is -0.862. The van der Waals surface area contributed by atoms with Crippen molar-refractivity contribution in [1.29, 1.82) is 0 Å². The minimum atomic E-state index is -4.47. The van der Waals surface area contributed by atoms with Crippen molar-refractivity contribution in [3.8, 4) is 0 Å². The molecule has 1 unspecified atom stereocenters. The van der Waals surface area contributed by atoms with E-state index in [1.807, 2.05) is 0 Å². The Balaban J connectivity index is 2.34. The van der Waals surface area contributed by atoms with Crippen LogP contribution in [0.4, 0.5) is 23.2 Å². The lowest BCUT2D eigenvalue weighted by atomic mass is 10.3. The van der Waals surface area contributed by atoms with Gasteiger partial charge in [-0.1, -0.05) is 0 Å². The second kappa shape index (κ2) is 7.74. The average molecular weight is 322 g/mol. The maximum Gasteiger partial charge on any atom is 0.405 e. The molecule has 0 spiro atoms. The van der Waals surface area contributed by atoms with Crippen LogP contribution in [0, 0.1) is 5.82 Å². The highest BCUT2D eigenvalue weighted by Crippen LogP contribution is 2.11. The molecular weight excluding hydrogens is 306 g/mol. The Bertz CT molecular complexity index is 517. The summed E-state index contributed by atoms with van der Waals surface area (Å²) in [7, 11) is 1.50. The fourth-order valence-electron chi connectivity index (χ4n) is 1.61. The van der Waals surface area contributed by atoms with Gasteiger partial charge in [-0.25, -0.2) is 4.39 Å². The molecule has 0 saturated heterocycles. The first-order valence-corrected chi connectivity index (χ1v) is 6.36. The monoisotopic (exact) mass is 322 g/mol. The number of nitrogens with one attached hydrogen (secondary N) is 3. The zero-order valence-corrected chi connectivity index (χ0v) is 11.8. The summed E-state index contributed by atoms with van der Waals surface area (Å²) in [6, 6.07) is 5.10. The van der Waals surface area contributed by atoms with Gasteiger partial charge in [0, 0.05) is 5.69 Å². The van der Waals surface area contributed by atoms with Gasteiger partial charge in [-0.2, -0.15) is 13.2 Å². The van der Waals surface area contributed by atoms with Crippen molar-refractivity contribution in [3.05, 3.63) is 30.1 Å². The highest BCUT2D eigenvalue weighted by atomic mass is 19.4. The van der Waals surface area contributed by atoms with E-state index in [0.717, 1.165) is 0 Å². The SMILES string of the molecule is C[NH+](CC(=O)NCC(F)(F)F)CC(=O)Nc1ccc(F)cc1. The number of hydrogen-bond acceptors (Lipinski definition) is 2. The molecule has 0 saturated carbocycles. The van der Waals surface area contributed by atoms with Gasteiger partial charge in [0.05, 0.1) is 7.05 Å². The van der Waals surface area contributed by atoms with E-state index in [4.69, 9.17) is 0 Å². The van der Waals surface area contributed by atoms with Crippen molar-refractivity contribution in [2.75, 3.05) is 32.0 Å². The minimum Gasteiger partial charge on any atom is -0.342 e. The second-order valence-electron chi connectivity index (χ2n) is 4.76. The smallest absolute Gasteiger partial charge is 0.342 e. The fraction of sp³-hybridized carbons (Fsp3) is 0.385. The van der Waals surface area contributed by atoms with Gasteiger partial charge in [0.1, 0.15) is 12.4 Å². The molecule has 1 aromatic rings. The van der Waals surface area contributed by atoms with Gasteiger partial charge in [0.25, 0.3) is 11.8 Å². The van der Waals surface area contributed by atoms with Gasteiger partial charge in [0.2, 0.25) is 0 Å². The molecule has 5 nitrogen and oxygen atoms in total. The molecule has 0 aliphatic carbocycles. The number of likely N-dealkylation sites (N-methyl/N-ethyl adjacent to an activating group) is 1. The molecule has 0 aliphatic rings. The lowest BCUT2D eigenvalue weighted by Crippen LogP contribution is -3.11. The number of amides is 2. The summed E-state index contributed by atoms with van der Waals surface area (Å²) in [6.45, 7) is -1.79. The molecule has 1 aromatic carbocycles. The Hall–Kier alpha value is -2.16. The molecule has 2 amide bonds. The van der Waals surface area contributed by atoms with Crippen molar-refractivity contribution in [1.82, 2.24) is 5.32 Å². The highest BCUT2D eigenvalue weighted by molar-refractivity contribution is 5.91. The zero-order chi connectivity index (χ0) is 16.8. The Labute approximate surface area is 124 Å². The van der Waals surface area contributed by atoms with Crippen molar-refractivity contribution >= 4 is 17.5 Å². The third-order valence-corrected chi connectivity index (χ3v) is 2.54. The zero-order valence-electron chi connectivity index (χ0n) is 11.8. The summed E-state index contributed by atoms with van der Waals surface area (Å²) in [5, 5.41) is 4.22. The van der Waals surface area contributed by atoms with Gasteiger partial charge in [-0.05, 0) is 24.3 Å². The van der Waals surface area contributed by atoms with Crippen molar-refractivity contribution < 1.29 is 32.1 Å². The highest BCUT2D eigenvalue weighted by Gasteiger charge is 2.28. The third kappa shape index (κ3) is 7.58. The lowest BCUT2D eigenvalue weighted by Gasteiger charge is -2.14. The van der Waals surface area contributed by atoms with Crippen LogP contribution in [0.1, 0.15) is 0 Å². The molecule has 0 aliphatic heterocycles. The van der Waals surface area contributed by atoms with E-state index in [1.54, 1.807) is 5.32 Å². The molecule has 0 fully saturated rings. The first-order chi connectivity index (χ1) is 10.2. The number of anilines is 1. The summed E-state index contributed by atoms with van der Waals surface area (Å²) < 4.78 is 48.5.